The lowest BCUT2D eigenvalue weighted by molar-refractivity contribution is -0.122. The molecule has 9 heteroatoms. The Morgan fingerprint density at radius 2 is 1.51 bits per heavy atom. The second-order valence-electron chi connectivity index (χ2n) is 10.9. The molecule has 0 spiro atoms. The maximum atomic E-state index is 14.6. The van der Waals surface area contributed by atoms with Crippen molar-refractivity contribution in [3.63, 3.8) is 0 Å². The molecule has 2 heterocycles. The van der Waals surface area contributed by atoms with Crippen molar-refractivity contribution in [3.05, 3.63) is 125 Å². The highest BCUT2D eigenvalue weighted by Crippen LogP contribution is 2.52. The van der Waals surface area contributed by atoms with Gasteiger partial charge in [0.15, 0.2) is 17.3 Å². The van der Waals surface area contributed by atoms with Crippen LogP contribution in [0, 0.1) is 25.6 Å². The van der Waals surface area contributed by atoms with Crippen LogP contribution < -0.4 is 20.5 Å². The minimum atomic E-state index is -1.25. The minimum absolute atomic E-state index is 0.0365. The van der Waals surface area contributed by atoms with Gasteiger partial charge in [-0.1, -0.05) is 54.1 Å². The molecule has 8 nitrogen and oxygen atoms in total. The molecule has 0 radical (unpaired) electrons. The Hall–Kier alpha value is -5.18. The van der Waals surface area contributed by atoms with Gasteiger partial charge in [0.2, 0.25) is 12.7 Å². The van der Waals surface area contributed by atoms with Crippen LogP contribution in [0.15, 0.2) is 91.0 Å². The summed E-state index contributed by atoms with van der Waals surface area (Å²) in [7, 11) is 0. The summed E-state index contributed by atoms with van der Waals surface area (Å²) in [5.41, 5.74) is 9.88. The number of primary amides is 1. The Bertz CT molecular complexity index is 1720. The number of ketones is 1. The molecule has 2 aliphatic heterocycles. The Labute approximate surface area is 248 Å². The molecule has 3 N–H and O–H groups in total. The van der Waals surface area contributed by atoms with Gasteiger partial charge in [0, 0.05) is 17.2 Å². The van der Waals surface area contributed by atoms with Gasteiger partial charge in [-0.25, -0.2) is 9.18 Å². The highest BCUT2D eigenvalue weighted by atomic mass is 19.1. The summed E-state index contributed by atoms with van der Waals surface area (Å²) in [5.74, 6) is -2.41. The van der Waals surface area contributed by atoms with Gasteiger partial charge >= 0.3 is 6.03 Å². The van der Waals surface area contributed by atoms with Crippen LogP contribution in [0.3, 0.4) is 0 Å². The number of rotatable bonds is 6. The minimum Gasteiger partial charge on any atom is -0.454 e. The van der Waals surface area contributed by atoms with E-state index in [0.29, 0.717) is 33.9 Å². The van der Waals surface area contributed by atoms with Crippen LogP contribution in [0.2, 0.25) is 0 Å². The Morgan fingerprint density at radius 1 is 0.837 bits per heavy atom. The molecule has 218 valence electrons. The molecule has 0 bridgehead atoms. The van der Waals surface area contributed by atoms with Crippen LogP contribution in [-0.4, -0.2) is 35.5 Å². The van der Waals surface area contributed by atoms with E-state index in [9.17, 15) is 18.8 Å². The third-order valence-corrected chi connectivity index (χ3v) is 8.06. The number of carbonyl (C=O) groups excluding carboxylic acids is 3. The number of benzene rings is 4. The molecule has 4 unspecified atom stereocenters. The smallest absolute Gasteiger partial charge is 0.323 e. The number of urea groups is 1. The van der Waals surface area contributed by atoms with E-state index in [4.69, 9.17) is 15.2 Å². The predicted molar refractivity (Wildman–Crippen MR) is 158 cm³/mol. The summed E-state index contributed by atoms with van der Waals surface area (Å²) < 4.78 is 25.2. The van der Waals surface area contributed by atoms with E-state index in [0.717, 1.165) is 11.1 Å². The van der Waals surface area contributed by atoms with E-state index >= 15 is 0 Å². The number of fused-ring (bicyclic) bond motifs is 1. The molecular weight excluding hydrogens is 549 g/mol. The first-order valence-corrected chi connectivity index (χ1v) is 13.9. The van der Waals surface area contributed by atoms with Gasteiger partial charge in [-0.15, -0.1) is 0 Å². The zero-order valence-corrected chi connectivity index (χ0v) is 23.6. The Morgan fingerprint density at radius 3 is 2.21 bits per heavy atom. The summed E-state index contributed by atoms with van der Waals surface area (Å²) >= 11 is 0. The molecule has 3 amide bonds. The lowest BCUT2D eigenvalue weighted by Gasteiger charge is -2.31. The fraction of sp³-hybridized carbons (Fsp3) is 0.206. The zero-order valence-electron chi connectivity index (χ0n) is 23.6. The maximum Gasteiger partial charge on any atom is 0.323 e. The van der Waals surface area contributed by atoms with Crippen molar-refractivity contribution < 1.29 is 28.2 Å². The lowest BCUT2D eigenvalue weighted by atomic mass is 9.76. The normalized spacial score (nSPS) is 20.6. The van der Waals surface area contributed by atoms with Crippen molar-refractivity contribution >= 4 is 23.4 Å². The largest absolute Gasteiger partial charge is 0.454 e. The monoisotopic (exact) mass is 579 g/mol. The van der Waals surface area contributed by atoms with Crippen LogP contribution in [0.1, 0.15) is 44.6 Å². The molecule has 4 aromatic rings. The Balaban J connectivity index is 1.56. The molecule has 4 atom stereocenters. The number of hydrogen-bond acceptors (Lipinski definition) is 5. The lowest BCUT2D eigenvalue weighted by Crippen LogP contribution is -2.48. The summed E-state index contributed by atoms with van der Waals surface area (Å²) in [5, 5.41) is 2.90. The van der Waals surface area contributed by atoms with Gasteiger partial charge in [0.05, 0.1) is 12.0 Å². The highest BCUT2D eigenvalue weighted by Gasteiger charge is 2.57. The number of aryl methyl sites for hydroxylation is 2. The molecule has 0 aromatic heterocycles. The van der Waals surface area contributed by atoms with Crippen LogP contribution >= 0.6 is 0 Å². The number of nitrogens with one attached hydrogen (secondary N) is 1. The third-order valence-electron chi connectivity index (χ3n) is 8.06. The molecule has 0 aliphatic carbocycles. The molecule has 0 saturated carbocycles. The quantitative estimate of drug-likeness (QED) is 0.277. The van der Waals surface area contributed by atoms with Crippen molar-refractivity contribution in [3.8, 4) is 11.5 Å². The molecule has 1 saturated heterocycles. The van der Waals surface area contributed by atoms with Crippen molar-refractivity contribution in [2.75, 3.05) is 12.1 Å². The SMILES string of the molecule is Cc1cccc(NC(=O)N2C(C(N)=O)C(c3ccc(F)cc3)C(C(=O)c3cccc(C)c3)C2c2ccc3c(c2)OCO3)c1. The van der Waals surface area contributed by atoms with E-state index in [2.05, 4.69) is 5.32 Å². The van der Waals surface area contributed by atoms with E-state index in [1.165, 1.54) is 29.2 Å². The number of likely N-dealkylation sites (tertiary alicyclic amines) is 1. The van der Waals surface area contributed by atoms with E-state index in [1.54, 1.807) is 54.6 Å². The molecular formula is C34H30FN3O5. The topological polar surface area (TPSA) is 111 Å². The summed E-state index contributed by atoms with van der Waals surface area (Å²) in [6.07, 6.45) is 0. The van der Waals surface area contributed by atoms with Gasteiger partial charge in [-0.2, -0.15) is 0 Å². The van der Waals surface area contributed by atoms with Gasteiger partial charge < -0.3 is 25.4 Å². The fourth-order valence-electron chi connectivity index (χ4n) is 6.23. The number of nitrogens with two attached hydrogens (primary N) is 1. The van der Waals surface area contributed by atoms with Crippen LogP contribution in [0.5, 0.6) is 11.5 Å². The van der Waals surface area contributed by atoms with Crippen molar-refractivity contribution in [2.24, 2.45) is 11.7 Å². The number of nitrogens with zero attached hydrogens (tertiary/aromatic N) is 1. The van der Waals surface area contributed by atoms with Crippen LogP contribution in [0.25, 0.3) is 0 Å². The predicted octanol–water partition coefficient (Wildman–Crippen LogP) is 5.90. The number of hydrogen-bond donors (Lipinski definition) is 2. The van der Waals surface area contributed by atoms with Crippen molar-refractivity contribution in [1.82, 2.24) is 4.90 Å². The number of Topliss-reactive ketones (excluding diaryl/α,β-unsaturated/α-hetero) is 1. The van der Waals surface area contributed by atoms with Crippen LogP contribution in [0.4, 0.5) is 14.9 Å². The number of anilines is 1. The standard InChI is InChI=1S/C34H30FN3O5/c1-19-5-3-7-23(15-19)32(39)29-28(21-9-12-24(35)13-10-21)31(33(36)40)38(34(41)37-25-8-4-6-20(2)16-25)30(29)22-11-14-26-27(17-22)43-18-42-26/h3-17,28-31H,18H2,1-2H3,(H2,36,40)(H,37,41). The van der Waals surface area contributed by atoms with E-state index < -0.39 is 41.7 Å². The first-order valence-electron chi connectivity index (χ1n) is 13.9. The molecule has 1 fully saturated rings. The van der Waals surface area contributed by atoms with Gasteiger partial charge in [0.1, 0.15) is 11.9 Å². The third kappa shape index (κ3) is 5.30. The average Bonchev–Trinajstić information content (AvgIpc) is 3.60. The highest BCUT2D eigenvalue weighted by molar-refractivity contribution is 6.03. The Kier molecular flexibility index (Phi) is 7.31. The number of amides is 3. The van der Waals surface area contributed by atoms with Gasteiger partial charge in [-0.05, 0) is 73.0 Å². The van der Waals surface area contributed by atoms with Gasteiger partial charge in [0.25, 0.3) is 0 Å². The van der Waals surface area contributed by atoms with E-state index in [1.807, 2.05) is 26.0 Å². The molecule has 6 rings (SSSR count). The molecule has 2 aliphatic rings. The fourth-order valence-corrected chi connectivity index (χ4v) is 6.23. The second-order valence-corrected chi connectivity index (χ2v) is 10.9. The van der Waals surface area contributed by atoms with Crippen molar-refractivity contribution in [2.45, 2.75) is 31.8 Å². The number of halogens is 1. The first-order chi connectivity index (χ1) is 20.7. The second kappa shape index (κ2) is 11.2. The van der Waals surface area contributed by atoms with E-state index in [-0.39, 0.29) is 12.6 Å². The molecule has 43 heavy (non-hydrogen) atoms. The number of ether oxygens (including phenoxy) is 2. The van der Waals surface area contributed by atoms with Gasteiger partial charge in [-0.3, -0.25) is 9.59 Å². The summed E-state index contributed by atoms with van der Waals surface area (Å²) in [6, 6.07) is 22.4. The number of carbonyl (C=O) groups is 3. The maximum absolute atomic E-state index is 14.6. The van der Waals surface area contributed by atoms with Crippen LogP contribution in [-0.2, 0) is 4.79 Å². The first kappa shape index (κ1) is 28.0. The summed E-state index contributed by atoms with van der Waals surface area (Å²) in [6.45, 7) is 3.81. The average molecular weight is 580 g/mol. The van der Waals surface area contributed by atoms with Crippen molar-refractivity contribution in [1.29, 1.82) is 0 Å². The summed E-state index contributed by atoms with van der Waals surface area (Å²) in [4.78, 5) is 43.5. The molecule has 4 aromatic carbocycles. The zero-order chi connectivity index (χ0) is 30.2.